The fraction of sp³-hybridized carbons (Fsp3) is 0.600. The first-order chi connectivity index (χ1) is 8.65. The standard InChI is InChI=1S/C15H23ClFN/c1-4-6-10-18(12(3)5-2)15-13(11-16)8-7-9-14(15)17/h7-9,12H,4-6,10-11H2,1-3H3. The summed E-state index contributed by atoms with van der Waals surface area (Å²) in [5.41, 5.74) is 1.57. The molecule has 0 saturated heterocycles. The summed E-state index contributed by atoms with van der Waals surface area (Å²) in [7, 11) is 0. The molecule has 0 aliphatic carbocycles. The SMILES string of the molecule is CCCCN(c1c(F)cccc1CCl)C(C)CC. The van der Waals surface area contributed by atoms with Gasteiger partial charge in [-0.2, -0.15) is 0 Å². The van der Waals surface area contributed by atoms with E-state index in [1.165, 1.54) is 6.07 Å². The molecule has 0 aliphatic rings. The average molecular weight is 272 g/mol. The summed E-state index contributed by atoms with van der Waals surface area (Å²) in [6.45, 7) is 7.31. The van der Waals surface area contributed by atoms with Gasteiger partial charge < -0.3 is 4.90 Å². The van der Waals surface area contributed by atoms with Crippen LogP contribution in [0.15, 0.2) is 18.2 Å². The molecule has 0 spiro atoms. The Morgan fingerprint density at radius 2 is 2.06 bits per heavy atom. The second-order valence-corrected chi connectivity index (χ2v) is 4.95. The lowest BCUT2D eigenvalue weighted by Crippen LogP contribution is -2.35. The molecule has 0 fully saturated rings. The summed E-state index contributed by atoms with van der Waals surface area (Å²) in [4.78, 5) is 2.16. The maximum Gasteiger partial charge on any atom is 0.146 e. The first-order valence-electron chi connectivity index (χ1n) is 6.75. The van der Waals surface area contributed by atoms with Crippen LogP contribution in [0.25, 0.3) is 0 Å². The third-order valence-corrected chi connectivity index (χ3v) is 3.66. The van der Waals surface area contributed by atoms with E-state index < -0.39 is 0 Å². The van der Waals surface area contributed by atoms with Gasteiger partial charge in [0, 0.05) is 18.5 Å². The molecule has 1 aromatic rings. The maximum absolute atomic E-state index is 14.1. The lowest BCUT2D eigenvalue weighted by Gasteiger charge is -2.32. The topological polar surface area (TPSA) is 3.24 Å². The number of anilines is 1. The molecule has 0 heterocycles. The van der Waals surface area contributed by atoms with Gasteiger partial charge in [-0.05, 0) is 31.4 Å². The van der Waals surface area contributed by atoms with Crippen LogP contribution >= 0.6 is 11.6 Å². The first-order valence-corrected chi connectivity index (χ1v) is 7.29. The van der Waals surface area contributed by atoms with Crippen molar-refractivity contribution in [3.8, 4) is 0 Å². The van der Waals surface area contributed by atoms with E-state index in [-0.39, 0.29) is 5.82 Å². The van der Waals surface area contributed by atoms with Gasteiger partial charge in [0.1, 0.15) is 5.82 Å². The second kappa shape index (κ2) is 7.63. The van der Waals surface area contributed by atoms with E-state index in [1.807, 2.05) is 6.07 Å². The van der Waals surface area contributed by atoms with Gasteiger partial charge in [-0.3, -0.25) is 0 Å². The van der Waals surface area contributed by atoms with Crippen molar-refractivity contribution in [1.82, 2.24) is 0 Å². The van der Waals surface area contributed by atoms with Crippen molar-refractivity contribution in [2.45, 2.75) is 52.0 Å². The van der Waals surface area contributed by atoms with Gasteiger partial charge in [-0.15, -0.1) is 11.6 Å². The minimum absolute atomic E-state index is 0.162. The van der Waals surface area contributed by atoms with Crippen molar-refractivity contribution in [2.24, 2.45) is 0 Å². The number of alkyl halides is 1. The molecule has 0 amide bonds. The molecule has 18 heavy (non-hydrogen) atoms. The van der Waals surface area contributed by atoms with E-state index in [2.05, 4.69) is 25.7 Å². The van der Waals surface area contributed by atoms with Gasteiger partial charge in [-0.25, -0.2) is 4.39 Å². The number of rotatable bonds is 7. The summed E-state index contributed by atoms with van der Waals surface area (Å²) in [5, 5.41) is 0. The number of hydrogen-bond acceptors (Lipinski definition) is 1. The molecule has 1 nitrogen and oxygen atoms in total. The highest BCUT2D eigenvalue weighted by Crippen LogP contribution is 2.28. The summed E-state index contributed by atoms with van der Waals surface area (Å²) < 4.78 is 14.1. The van der Waals surface area contributed by atoms with E-state index in [9.17, 15) is 4.39 Å². The van der Waals surface area contributed by atoms with Gasteiger partial charge in [0.05, 0.1) is 5.69 Å². The van der Waals surface area contributed by atoms with E-state index in [0.29, 0.717) is 17.6 Å². The van der Waals surface area contributed by atoms with E-state index >= 15 is 0 Å². The van der Waals surface area contributed by atoms with Crippen molar-refractivity contribution >= 4 is 17.3 Å². The van der Waals surface area contributed by atoms with E-state index in [0.717, 1.165) is 31.4 Å². The molecule has 1 rings (SSSR count). The van der Waals surface area contributed by atoms with Crippen LogP contribution in [0.2, 0.25) is 0 Å². The van der Waals surface area contributed by atoms with Crippen LogP contribution in [-0.2, 0) is 5.88 Å². The molecule has 0 N–H and O–H groups in total. The third-order valence-electron chi connectivity index (χ3n) is 3.38. The quantitative estimate of drug-likeness (QED) is 0.633. The number of para-hydroxylation sites is 1. The number of benzene rings is 1. The van der Waals surface area contributed by atoms with Crippen LogP contribution in [0.5, 0.6) is 0 Å². The van der Waals surface area contributed by atoms with Gasteiger partial charge in [-0.1, -0.05) is 32.4 Å². The van der Waals surface area contributed by atoms with Crippen LogP contribution < -0.4 is 4.90 Å². The Balaban J connectivity index is 3.10. The molecule has 1 unspecified atom stereocenters. The summed E-state index contributed by atoms with van der Waals surface area (Å²) >= 11 is 5.94. The molecule has 0 bridgehead atoms. The zero-order chi connectivity index (χ0) is 13.5. The minimum Gasteiger partial charge on any atom is -0.366 e. The second-order valence-electron chi connectivity index (χ2n) is 4.69. The molecule has 1 atom stereocenters. The predicted octanol–water partition coefficient (Wildman–Crippen LogP) is 4.97. The lowest BCUT2D eigenvalue weighted by atomic mass is 10.1. The highest BCUT2D eigenvalue weighted by Gasteiger charge is 2.19. The van der Waals surface area contributed by atoms with Gasteiger partial charge in [0.25, 0.3) is 0 Å². The Morgan fingerprint density at radius 3 is 2.61 bits per heavy atom. The minimum atomic E-state index is -0.162. The van der Waals surface area contributed by atoms with Gasteiger partial charge >= 0.3 is 0 Å². The maximum atomic E-state index is 14.1. The Labute approximate surface area is 115 Å². The van der Waals surface area contributed by atoms with Crippen LogP contribution in [0.4, 0.5) is 10.1 Å². The highest BCUT2D eigenvalue weighted by molar-refractivity contribution is 6.17. The van der Waals surface area contributed by atoms with Crippen molar-refractivity contribution < 1.29 is 4.39 Å². The smallest absolute Gasteiger partial charge is 0.146 e. The summed E-state index contributed by atoms with van der Waals surface area (Å²) in [5.74, 6) is 0.191. The lowest BCUT2D eigenvalue weighted by molar-refractivity contribution is 0.562. The molecule has 3 heteroatoms. The predicted molar refractivity (Wildman–Crippen MR) is 78.0 cm³/mol. The van der Waals surface area contributed by atoms with Gasteiger partial charge in [0.15, 0.2) is 0 Å². The van der Waals surface area contributed by atoms with E-state index in [4.69, 9.17) is 11.6 Å². The zero-order valence-electron chi connectivity index (χ0n) is 11.5. The number of unbranched alkanes of at least 4 members (excludes halogenated alkanes) is 1. The summed E-state index contributed by atoms with van der Waals surface area (Å²) in [6, 6.07) is 5.49. The Hall–Kier alpha value is -0.760. The van der Waals surface area contributed by atoms with Crippen molar-refractivity contribution in [2.75, 3.05) is 11.4 Å². The molecule has 0 aliphatic heterocycles. The van der Waals surface area contributed by atoms with E-state index in [1.54, 1.807) is 6.07 Å². The molecule has 1 aromatic carbocycles. The Morgan fingerprint density at radius 1 is 1.33 bits per heavy atom. The van der Waals surface area contributed by atoms with Crippen molar-refractivity contribution in [3.63, 3.8) is 0 Å². The third kappa shape index (κ3) is 3.61. The van der Waals surface area contributed by atoms with Crippen molar-refractivity contribution in [1.29, 1.82) is 0 Å². The first kappa shape index (κ1) is 15.3. The summed E-state index contributed by atoms with van der Waals surface area (Å²) in [6.07, 6.45) is 3.18. The van der Waals surface area contributed by atoms with Crippen LogP contribution in [0.3, 0.4) is 0 Å². The average Bonchev–Trinajstić information content (AvgIpc) is 2.39. The normalized spacial score (nSPS) is 12.5. The molecular weight excluding hydrogens is 249 g/mol. The Kier molecular flexibility index (Phi) is 6.48. The van der Waals surface area contributed by atoms with Crippen LogP contribution in [0, 0.1) is 5.82 Å². The molecule has 0 saturated carbocycles. The molecular formula is C15H23ClFN. The largest absolute Gasteiger partial charge is 0.366 e. The Bertz CT molecular complexity index is 368. The zero-order valence-corrected chi connectivity index (χ0v) is 12.3. The van der Waals surface area contributed by atoms with Crippen LogP contribution in [-0.4, -0.2) is 12.6 Å². The number of hydrogen-bond donors (Lipinski definition) is 0. The van der Waals surface area contributed by atoms with Gasteiger partial charge in [0.2, 0.25) is 0 Å². The highest BCUT2D eigenvalue weighted by atomic mass is 35.5. The fourth-order valence-electron chi connectivity index (χ4n) is 2.09. The molecule has 0 radical (unpaired) electrons. The molecule has 0 aromatic heterocycles. The number of nitrogens with zero attached hydrogens (tertiary/aromatic N) is 1. The fourth-order valence-corrected chi connectivity index (χ4v) is 2.31. The monoisotopic (exact) mass is 271 g/mol. The number of halogens is 2. The molecule has 102 valence electrons. The van der Waals surface area contributed by atoms with Crippen LogP contribution in [0.1, 0.15) is 45.6 Å². The van der Waals surface area contributed by atoms with Crippen molar-refractivity contribution in [3.05, 3.63) is 29.6 Å².